The first kappa shape index (κ1) is 26.3. The van der Waals surface area contributed by atoms with Crippen LogP contribution in [0.1, 0.15) is 67.6 Å². The van der Waals surface area contributed by atoms with Gasteiger partial charge in [-0.05, 0) is 93.3 Å². The van der Waals surface area contributed by atoms with Gasteiger partial charge in [0.25, 0.3) is 0 Å². The molecular formula is C24H29F6N3O. The van der Waals surface area contributed by atoms with Crippen molar-refractivity contribution in [1.82, 2.24) is 4.90 Å². The van der Waals surface area contributed by atoms with Crippen LogP contribution in [0.15, 0.2) is 18.2 Å². The van der Waals surface area contributed by atoms with E-state index in [1.807, 2.05) is 6.07 Å². The molecule has 0 bridgehead atoms. The number of hydrogen-bond acceptors (Lipinski definition) is 3. The van der Waals surface area contributed by atoms with Crippen molar-refractivity contribution in [2.24, 2.45) is 23.5 Å². The van der Waals surface area contributed by atoms with Crippen LogP contribution in [0.3, 0.4) is 0 Å². The molecule has 2 aliphatic rings. The van der Waals surface area contributed by atoms with Crippen LogP contribution in [0.4, 0.5) is 26.3 Å². The van der Waals surface area contributed by atoms with Gasteiger partial charge in [0.2, 0.25) is 5.91 Å². The van der Waals surface area contributed by atoms with Crippen molar-refractivity contribution in [1.29, 1.82) is 5.26 Å². The Morgan fingerprint density at radius 2 is 1.50 bits per heavy atom. The largest absolute Gasteiger partial charge is 0.416 e. The van der Waals surface area contributed by atoms with Crippen molar-refractivity contribution >= 4 is 5.91 Å². The molecule has 188 valence electrons. The molecule has 1 unspecified atom stereocenters. The van der Waals surface area contributed by atoms with Crippen LogP contribution in [-0.4, -0.2) is 30.4 Å². The van der Waals surface area contributed by atoms with Gasteiger partial charge < -0.3 is 10.6 Å². The minimum atomic E-state index is -4.83. The first-order valence-electron chi connectivity index (χ1n) is 11.6. The van der Waals surface area contributed by atoms with Crippen LogP contribution in [0.2, 0.25) is 0 Å². The molecule has 2 N–H and O–H groups in total. The van der Waals surface area contributed by atoms with E-state index in [0.29, 0.717) is 31.8 Å². The van der Waals surface area contributed by atoms with Gasteiger partial charge in [0.05, 0.1) is 17.2 Å². The number of hydrogen-bond donors (Lipinski definition) is 1. The Morgan fingerprint density at radius 1 is 0.971 bits per heavy atom. The second kappa shape index (κ2) is 10.5. The first-order valence-corrected chi connectivity index (χ1v) is 11.6. The molecule has 1 aromatic rings. The van der Waals surface area contributed by atoms with Crippen molar-refractivity contribution in [2.45, 2.75) is 63.2 Å². The number of primary amides is 1. The number of nitrogens with two attached hydrogens (primary N) is 1. The molecule has 1 saturated carbocycles. The van der Waals surface area contributed by atoms with E-state index in [4.69, 9.17) is 11.0 Å². The van der Waals surface area contributed by atoms with Crippen molar-refractivity contribution in [3.8, 4) is 6.07 Å². The summed E-state index contributed by atoms with van der Waals surface area (Å²) in [4.78, 5) is 13.6. The zero-order valence-electron chi connectivity index (χ0n) is 18.8. The van der Waals surface area contributed by atoms with Crippen LogP contribution in [0, 0.1) is 29.1 Å². The van der Waals surface area contributed by atoms with Gasteiger partial charge in [0.1, 0.15) is 5.92 Å². The summed E-state index contributed by atoms with van der Waals surface area (Å²) in [6.07, 6.45) is -4.32. The summed E-state index contributed by atoms with van der Waals surface area (Å²) in [5.41, 5.74) is 2.88. The van der Waals surface area contributed by atoms with Gasteiger partial charge in [0, 0.05) is 0 Å². The summed E-state index contributed by atoms with van der Waals surface area (Å²) in [6, 6.07) is 3.89. The Kier molecular flexibility index (Phi) is 8.17. The molecule has 2 fully saturated rings. The quantitative estimate of drug-likeness (QED) is 0.519. The minimum absolute atomic E-state index is 0.00328. The summed E-state index contributed by atoms with van der Waals surface area (Å²) in [5, 5.41) is 9.13. The predicted octanol–water partition coefficient (Wildman–Crippen LogP) is 5.73. The van der Waals surface area contributed by atoms with Gasteiger partial charge in [-0.2, -0.15) is 31.6 Å². The zero-order valence-corrected chi connectivity index (χ0v) is 18.8. The van der Waals surface area contributed by atoms with Crippen molar-refractivity contribution < 1.29 is 31.1 Å². The van der Waals surface area contributed by atoms with E-state index in [-0.39, 0.29) is 23.5 Å². The Labute approximate surface area is 195 Å². The highest BCUT2D eigenvalue weighted by Gasteiger charge is 2.38. The highest BCUT2D eigenvalue weighted by atomic mass is 19.4. The van der Waals surface area contributed by atoms with Gasteiger partial charge in [-0.1, -0.05) is 12.8 Å². The van der Waals surface area contributed by atoms with Gasteiger partial charge in [-0.25, -0.2) is 0 Å². The summed E-state index contributed by atoms with van der Waals surface area (Å²) in [5.74, 6) is -1.18. The second-order valence-electron chi connectivity index (χ2n) is 9.53. The molecule has 10 heteroatoms. The SMILES string of the molecule is N#CC(C(N)=O)C1CCC(CCN2CCC(c3cc(C(F)(F)F)cc(C(F)(F)F)c3)CC2)CC1. The van der Waals surface area contributed by atoms with Gasteiger partial charge >= 0.3 is 12.4 Å². The molecule has 1 heterocycles. The molecular weight excluding hydrogens is 460 g/mol. The smallest absolute Gasteiger partial charge is 0.369 e. The fourth-order valence-electron chi connectivity index (χ4n) is 5.28. The average Bonchev–Trinajstić information content (AvgIpc) is 2.77. The van der Waals surface area contributed by atoms with E-state index in [1.165, 1.54) is 0 Å². The van der Waals surface area contributed by atoms with Crippen LogP contribution >= 0.6 is 0 Å². The van der Waals surface area contributed by atoms with E-state index in [0.717, 1.165) is 50.8 Å². The van der Waals surface area contributed by atoms with E-state index >= 15 is 0 Å². The van der Waals surface area contributed by atoms with E-state index in [9.17, 15) is 31.1 Å². The highest BCUT2D eigenvalue weighted by molar-refractivity contribution is 5.79. The monoisotopic (exact) mass is 489 g/mol. The summed E-state index contributed by atoms with van der Waals surface area (Å²) in [6.45, 7) is 2.06. The number of amides is 1. The molecule has 3 rings (SSSR count). The maximum atomic E-state index is 13.2. The standard InChI is InChI=1S/C24H29F6N3O/c25-23(26,27)19-11-18(12-20(13-19)24(28,29)30)16-6-9-33(10-7-16)8-5-15-1-3-17(4-2-15)21(14-31)22(32)34/h11-13,15-17,21H,1-10H2,(H2,32,34). The van der Waals surface area contributed by atoms with E-state index in [1.54, 1.807) is 0 Å². The predicted molar refractivity (Wildman–Crippen MR) is 113 cm³/mol. The van der Waals surface area contributed by atoms with Crippen LogP contribution in [-0.2, 0) is 17.1 Å². The van der Waals surface area contributed by atoms with Crippen LogP contribution in [0.25, 0.3) is 0 Å². The van der Waals surface area contributed by atoms with Crippen LogP contribution in [0.5, 0.6) is 0 Å². The Bertz CT molecular complexity index is 859. The number of halogens is 6. The van der Waals surface area contributed by atoms with Gasteiger partial charge in [0.15, 0.2) is 0 Å². The average molecular weight is 490 g/mol. The fraction of sp³-hybridized carbons (Fsp3) is 0.667. The van der Waals surface area contributed by atoms with Crippen molar-refractivity contribution in [3.05, 3.63) is 34.9 Å². The Balaban J connectivity index is 1.52. The normalized spacial score (nSPS) is 23.9. The molecule has 1 aliphatic heterocycles. The molecule has 34 heavy (non-hydrogen) atoms. The number of piperidine rings is 1. The molecule has 1 atom stereocenters. The lowest BCUT2D eigenvalue weighted by Gasteiger charge is -2.35. The third-order valence-corrected chi connectivity index (χ3v) is 7.33. The van der Waals surface area contributed by atoms with E-state index in [2.05, 4.69) is 4.90 Å². The summed E-state index contributed by atoms with van der Waals surface area (Å²) in [7, 11) is 0. The lowest BCUT2D eigenvalue weighted by molar-refractivity contribution is -0.143. The summed E-state index contributed by atoms with van der Waals surface area (Å²) < 4.78 is 78.9. The Hall–Kier alpha value is -2.28. The molecule has 1 aliphatic carbocycles. The number of nitrogens with zero attached hydrogens (tertiary/aromatic N) is 2. The number of likely N-dealkylation sites (tertiary alicyclic amines) is 1. The fourth-order valence-corrected chi connectivity index (χ4v) is 5.28. The lowest BCUT2D eigenvalue weighted by atomic mass is 9.75. The molecule has 0 spiro atoms. The molecule has 0 radical (unpaired) electrons. The molecule has 1 amide bonds. The van der Waals surface area contributed by atoms with E-state index < -0.39 is 35.3 Å². The second-order valence-corrected chi connectivity index (χ2v) is 9.53. The number of nitriles is 1. The Morgan fingerprint density at radius 3 is 1.94 bits per heavy atom. The lowest BCUT2D eigenvalue weighted by Crippen LogP contribution is -2.35. The van der Waals surface area contributed by atoms with Crippen molar-refractivity contribution in [2.75, 3.05) is 19.6 Å². The number of alkyl halides is 6. The topological polar surface area (TPSA) is 70.1 Å². The minimum Gasteiger partial charge on any atom is -0.369 e. The first-order chi connectivity index (χ1) is 15.9. The zero-order chi connectivity index (χ0) is 25.1. The number of carbonyl (C=O) groups excluding carboxylic acids is 1. The third-order valence-electron chi connectivity index (χ3n) is 7.33. The highest BCUT2D eigenvalue weighted by Crippen LogP contribution is 2.40. The van der Waals surface area contributed by atoms with Crippen LogP contribution < -0.4 is 5.73 Å². The number of benzene rings is 1. The maximum Gasteiger partial charge on any atom is 0.416 e. The number of rotatable bonds is 6. The van der Waals surface area contributed by atoms with Gasteiger partial charge in [-0.15, -0.1) is 0 Å². The number of carbonyl (C=O) groups is 1. The van der Waals surface area contributed by atoms with Crippen molar-refractivity contribution in [3.63, 3.8) is 0 Å². The molecule has 1 saturated heterocycles. The maximum absolute atomic E-state index is 13.2. The molecule has 0 aromatic heterocycles. The molecule has 1 aromatic carbocycles. The summed E-state index contributed by atoms with van der Waals surface area (Å²) >= 11 is 0. The molecule has 4 nitrogen and oxygen atoms in total. The van der Waals surface area contributed by atoms with Gasteiger partial charge in [-0.3, -0.25) is 4.79 Å². The third kappa shape index (κ3) is 6.65.